The third kappa shape index (κ3) is 5.86. The Kier molecular flexibility index (Phi) is 7.20. The first-order chi connectivity index (χ1) is 15.0. The minimum atomic E-state index is -3.45. The number of hydrogen-bond donors (Lipinski definition) is 2. The van der Waals surface area contributed by atoms with Gasteiger partial charge in [0.05, 0.1) is 17.5 Å². The highest BCUT2D eigenvalue weighted by Crippen LogP contribution is 2.18. The highest BCUT2D eigenvalue weighted by atomic mass is 32.2. The van der Waals surface area contributed by atoms with Gasteiger partial charge >= 0.3 is 0 Å². The highest BCUT2D eigenvalue weighted by Gasteiger charge is 2.26. The lowest BCUT2D eigenvalue weighted by molar-refractivity contribution is -0.0586. The van der Waals surface area contributed by atoms with Gasteiger partial charge in [-0.15, -0.1) is 0 Å². The largest absolute Gasteiger partial charge is 0.372 e. The number of nitrogens with zero attached hydrogens (tertiary/aromatic N) is 1. The van der Waals surface area contributed by atoms with Crippen LogP contribution in [0.2, 0.25) is 0 Å². The van der Waals surface area contributed by atoms with Crippen molar-refractivity contribution in [2.24, 2.45) is 0 Å². The molecule has 2 amide bonds. The quantitative estimate of drug-likeness (QED) is 0.689. The topological polar surface area (TPSA) is 105 Å². The highest BCUT2D eigenvalue weighted by molar-refractivity contribution is 7.93. The second kappa shape index (κ2) is 9.70. The summed E-state index contributed by atoms with van der Waals surface area (Å²) in [6.07, 6.45) is -0.0124. The van der Waals surface area contributed by atoms with Crippen LogP contribution < -0.4 is 10.0 Å². The van der Waals surface area contributed by atoms with Crippen LogP contribution in [0.1, 0.15) is 48.4 Å². The maximum Gasteiger partial charge on any atom is 0.255 e. The third-order valence-electron chi connectivity index (χ3n) is 5.12. The number of amides is 2. The number of ether oxygens (including phenoxy) is 1. The first-order valence-electron chi connectivity index (χ1n) is 10.5. The molecule has 2 aromatic carbocycles. The van der Waals surface area contributed by atoms with Crippen molar-refractivity contribution in [2.45, 2.75) is 45.2 Å². The van der Waals surface area contributed by atoms with Gasteiger partial charge in [-0.1, -0.05) is 0 Å². The Hall–Kier alpha value is -2.91. The molecule has 3 rings (SSSR count). The van der Waals surface area contributed by atoms with Crippen molar-refractivity contribution >= 4 is 33.2 Å². The van der Waals surface area contributed by atoms with Gasteiger partial charge in [0, 0.05) is 35.6 Å². The number of morpholine rings is 1. The number of carbonyl (C=O) groups is 2. The maximum atomic E-state index is 12.8. The lowest BCUT2D eigenvalue weighted by Gasteiger charge is -2.35. The summed E-state index contributed by atoms with van der Waals surface area (Å²) in [6, 6.07) is 12.9. The van der Waals surface area contributed by atoms with E-state index in [-0.39, 0.29) is 24.0 Å². The van der Waals surface area contributed by atoms with Gasteiger partial charge in [-0.3, -0.25) is 14.3 Å². The number of anilines is 2. The monoisotopic (exact) mass is 459 g/mol. The molecule has 1 fully saturated rings. The van der Waals surface area contributed by atoms with Crippen LogP contribution in [0.15, 0.2) is 48.5 Å². The molecule has 9 heteroatoms. The Labute approximate surface area is 189 Å². The molecule has 32 heavy (non-hydrogen) atoms. The molecule has 1 saturated heterocycles. The molecule has 2 atom stereocenters. The average molecular weight is 460 g/mol. The van der Waals surface area contributed by atoms with E-state index >= 15 is 0 Å². The fourth-order valence-corrected chi connectivity index (χ4v) is 4.10. The fraction of sp³-hybridized carbons (Fsp3) is 0.391. The van der Waals surface area contributed by atoms with Crippen LogP contribution in [0.5, 0.6) is 0 Å². The van der Waals surface area contributed by atoms with Gasteiger partial charge in [-0.25, -0.2) is 8.42 Å². The summed E-state index contributed by atoms with van der Waals surface area (Å²) in [5.41, 5.74) is 1.88. The summed E-state index contributed by atoms with van der Waals surface area (Å²) >= 11 is 0. The minimum absolute atomic E-state index is 0.00618. The van der Waals surface area contributed by atoms with Gasteiger partial charge in [0.25, 0.3) is 11.8 Å². The van der Waals surface area contributed by atoms with E-state index in [9.17, 15) is 18.0 Å². The molecular formula is C23H29N3O5S. The predicted molar refractivity (Wildman–Crippen MR) is 124 cm³/mol. The molecule has 1 aliphatic heterocycles. The van der Waals surface area contributed by atoms with Crippen LogP contribution in [0.25, 0.3) is 0 Å². The first-order valence-corrected chi connectivity index (χ1v) is 12.1. The maximum absolute atomic E-state index is 12.8. The van der Waals surface area contributed by atoms with Crippen LogP contribution in [-0.2, 0) is 14.8 Å². The summed E-state index contributed by atoms with van der Waals surface area (Å²) in [5, 5.41) is 2.22. The van der Waals surface area contributed by atoms with Crippen molar-refractivity contribution in [2.75, 3.05) is 23.1 Å². The lowest BCUT2D eigenvalue weighted by Crippen LogP contribution is -2.48. The molecule has 0 unspecified atom stereocenters. The summed E-state index contributed by atoms with van der Waals surface area (Å²) in [7, 11) is -3.45. The summed E-state index contributed by atoms with van der Waals surface area (Å²) < 4.78 is 32.0. The minimum Gasteiger partial charge on any atom is -0.372 e. The zero-order valence-electron chi connectivity index (χ0n) is 18.7. The summed E-state index contributed by atoms with van der Waals surface area (Å²) in [4.78, 5) is 27.1. The summed E-state index contributed by atoms with van der Waals surface area (Å²) in [6.45, 7) is 8.16. The van der Waals surface area contributed by atoms with Crippen LogP contribution in [-0.4, -0.2) is 55.7 Å². The van der Waals surface area contributed by atoms with Crippen molar-refractivity contribution in [1.82, 2.24) is 4.90 Å². The number of hydrogen-bond acceptors (Lipinski definition) is 5. The molecule has 2 aromatic rings. The van der Waals surface area contributed by atoms with E-state index in [2.05, 4.69) is 10.0 Å². The van der Waals surface area contributed by atoms with E-state index in [1.807, 2.05) is 13.8 Å². The molecule has 0 aromatic heterocycles. The Morgan fingerprint density at radius 1 is 0.906 bits per heavy atom. The zero-order chi connectivity index (χ0) is 23.5. The molecule has 172 valence electrons. The summed E-state index contributed by atoms with van der Waals surface area (Å²) in [5.74, 6) is -0.400. The Bertz CT molecular complexity index is 1060. The Morgan fingerprint density at radius 2 is 1.41 bits per heavy atom. The van der Waals surface area contributed by atoms with Gasteiger partial charge in [-0.2, -0.15) is 0 Å². The van der Waals surface area contributed by atoms with Gasteiger partial charge in [0.2, 0.25) is 10.0 Å². The van der Waals surface area contributed by atoms with Crippen LogP contribution in [0, 0.1) is 0 Å². The predicted octanol–water partition coefficient (Wildman–Crippen LogP) is 3.34. The van der Waals surface area contributed by atoms with Crippen LogP contribution >= 0.6 is 0 Å². The molecule has 0 bridgehead atoms. The SMILES string of the molecule is CC(C)S(=O)(=O)Nc1ccc(C(=O)Nc2ccc(C(=O)N3C[C@@H](C)O[C@@H](C)C3)cc2)cc1. The van der Waals surface area contributed by atoms with Gasteiger partial charge in [-0.05, 0) is 76.2 Å². The number of sulfonamides is 1. The Morgan fingerprint density at radius 3 is 1.94 bits per heavy atom. The van der Waals surface area contributed by atoms with Crippen LogP contribution in [0.4, 0.5) is 11.4 Å². The number of rotatable bonds is 6. The molecule has 2 N–H and O–H groups in total. The van der Waals surface area contributed by atoms with E-state index in [0.29, 0.717) is 35.6 Å². The van der Waals surface area contributed by atoms with Crippen LogP contribution in [0.3, 0.4) is 0 Å². The van der Waals surface area contributed by atoms with Crippen molar-refractivity contribution in [3.63, 3.8) is 0 Å². The molecular weight excluding hydrogens is 430 g/mol. The molecule has 0 spiro atoms. The standard InChI is InChI=1S/C23H29N3O5S/c1-15(2)32(29,30)25-21-11-5-18(6-12-21)22(27)24-20-9-7-19(8-10-20)23(28)26-13-16(3)31-17(4)14-26/h5-12,15-17,25H,13-14H2,1-4H3,(H,24,27)/t16-,17+. The average Bonchev–Trinajstić information content (AvgIpc) is 2.73. The Balaban J connectivity index is 1.61. The van der Waals surface area contributed by atoms with E-state index < -0.39 is 15.3 Å². The molecule has 0 saturated carbocycles. The lowest BCUT2D eigenvalue weighted by atomic mass is 10.1. The molecule has 1 heterocycles. The molecule has 8 nitrogen and oxygen atoms in total. The smallest absolute Gasteiger partial charge is 0.255 e. The number of nitrogens with one attached hydrogen (secondary N) is 2. The molecule has 1 aliphatic rings. The van der Waals surface area contributed by atoms with Gasteiger partial charge in [0.1, 0.15) is 0 Å². The van der Waals surface area contributed by atoms with E-state index in [4.69, 9.17) is 4.74 Å². The zero-order valence-corrected chi connectivity index (χ0v) is 19.5. The third-order valence-corrected chi connectivity index (χ3v) is 6.89. The van der Waals surface area contributed by atoms with Crippen molar-refractivity contribution in [1.29, 1.82) is 0 Å². The van der Waals surface area contributed by atoms with Crippen molar-refractivity contribution < 1.29 is 22.7 Å². The number of carbonyl (C=O) groups excluding carboxylic acids is 2. The van der Waals surface area contributed by atoms with E-state index in [1.54, 1.807) is 67.3 Å². The number of benzene rings is 2. The first kappa shape index (κ1) is 23.7. The second-order valence-corrected chi connectivity index (χ2v) is 10.5. The van der Waals surface area contributed by atoms with Crippen molar-refractivity contribution in [3.8, 4) is 0 Å². The molecule has 0 aliphatic carbocycles. The fourth-order valence-electron chi connectivity index (χ4n) is 3.40. The van der Waals surface area contributed by atoms with Gasteiger partial charge < -0.3 is 15.0 Å². The van der Waals surface area contributed by atoms with Crippen molar-refractivity contribution in [3.05, 3.63) is 59.7 Å². The normalized spacial score (nSPS) is 19.0. The second-order valence-electron chi connectivity index (χ2n) is 8.27. The van der Waals surface area contributed by atoms with E-state index in [0.717, 1.165) is 0 Å². The van der Waals surface area contributed by atoms with E-state index in [1.165, 1.54) is 0 Å². The van der Waals surface area contributed by atoms with Gasteiger partial charge in [0.15, 0.2) is 0 Å². The molecule has 0 radical (unpaired) electrons.